The highest BCUT2D eigenvalue weighted by atomic mass is 16.7. The highest BCUT2D eigenvalue weighted by Crippen LogP contribution is 2.36. The molecule has 2 aromatic carbocycles. The van der Waals surface area contributed by atoms with E-state index >= 15 is 0 Å². The number of hydrogen-bond acceptors (Lipinski definition) is 5. The molecule has 0 N–H and O–H groups in total. The lowest BCUT2D eigenvalue weighted by Gasteiger charge is -2.20. The number of aryl methyl sites for hydroxylation is 1. The average Bonchev–Trinajstić information content (AvgIpc) is 3.29. The van der Waals surface area contributed by atoms with Gasteiger partial charge in [0.25, 0.3) is 0 Å². The lowest BCUT2D eigenvalue weighted by Crippen LogP contribution is -2.32. The number of carbonyl (C=O) groups excluding carboxylic acids is 1. The van der Waals surface area contributed by atoms with Gasteiger partial charge in [-0.1, -0.05) is 18.2 Å². The van der Waals surface area contributed by atoms with Crippen LogP contribution in [0, 0.1) is 6.92 Å². The molecule has 1 amide bonds. The smallest absolute Gasteiger partial charge is 0.233 e. The van der Waals surface area contributed by atoms with Crippen LogP contribution in [0.4, 0.5) is 5.69 Å². The van der Waals surface area contributed by atoms with Crippen LogP contribution in [0.5, 0.6) is 11.5 Å². The van der Waals surface area contributed by atoms with Crippen molar-refractivity contribution in [2.45, 2.75) is 20.3 Å². The third-order valence-electron chi connectivity index (χ3n) is 4.52. The summed E-state index contributed by atoms with van der Waals surface area (Å²) >= 11 is 0. The number of likely N-dealkylation sites (N-methyl/N-ethyl adjacent to an activating group) is 1. The quantitative estimate of drug-likeness (QED) is 0.685. The number of amides is 1. The van der Waals surface area contributed by atoms with Crippen LogP contribution in [0.2, 0.25) is 0 Å². The monoisotopic (exact) mass is 364 g/mol. The number of aromatic nitrogens is 1. The second kappa shape index (κ2) is 7.15. The minimum atomic E-state index is -0.0164. The summed E-state index contributed by atoms with van der Waals surface area (Å²) in [6.45, 7) is 4.59. The number of oxazole rings is 1. The Kier molecular flexibility index (Phi) is 4.54. The first kappa shape index (κ1) is 17.1. The van der Waals surface area contributed by atoms with Gasteiger partial charge in [-0.05, 0) is 44.2 Å². The number of anilines is 1. The Labute approximate surface area is 157 Å². The van der Waals surface area contributed by atoms with E-state index < -0.39 is 0 Å². The molecule has 1 aliphatic rings. The van der Waals surface area contributed by atoms with Crippen LogP contribution in [0.3, 0.4) is 0 Å². The Morgan fingerprint density at radius 1 is 1.11 bits per heavy atom. The molecule has 0 spiro atoms. The zero-order valence-corrected chi connectivity index (χ0v) is 15.3. The van der Waals surface area contributed by atoms with Gasteiger partial charge in [0.15, 0.2) is 11.5 Å². The Bertz CT molecular complexity index is 966. The Hall–Kier alpha value is -3.28. The summed E-state index contributed by atoms with van der Waals surface area (Å²) in [4.78, 5) is 19.1. The third kappa shape index (κ3) is 3.38. The van der Waals surface area contributed by atoms with Crippen molar-refractivity contribution >= 4 is 11.6 Å². The van der Waals surface area contributed by atoms with Gasteiger partial charge in [-0.25, -0.2) is 4.98 Å². The molecule has 2 heterocycles. The fraction of sp³-hybridized carbons (Fsp3) is 0.238. The van der Waals surface area contributed by atoms with E-state index in [4.69, 9.17) is 13.9 Å². The molecule has 0 unspecified atom stereocenters. The highest BCUT2D eigenvalue weighted by Gasteiger charge is 2.21. The summed E-state index contributed by atoms with van der Waals surface area (Å²) in [5.74, 6) is 2.47. The van der Waals surface area contributed by atoms with Crippen LogP contribution >= 0.6 is 0 Å². The van der Waals surface area contributed by atoms with Gasteiger partial charge in [0.2, 0.25) is 18.6 Å². The van der Waals surface area contributed by atoms with Gasteiger partial charge in [0.05, 0.1) is 12.1 Å². The van der Waals surface area contributed by atoms with E-state index in [-0.39, 0.29) is 19.1 Å². The summed E-state index contributed by atoms with van der Waals surface area (Å²) < 4.78 is 16.5. The average molecular weight is 364 g/mol. The van der Waals surface area contributed by atoms with E-state index in [2.05, 4.69) is 4.98 Å². The second-order valence-electron chi connectivity index (χ2n) is 6.24. The Balaban J connectivity index is 1.56. The first-order valence-electron chi connectivity index (χ1n) is 8.87. The normalized spacial score (nSPS) is 12.2. The predicted molar refractivity (Wildman–Crippen MR) is 101 cm³/mol. The largest absolute Gasteiger partial charge is 0.454 e. The van der Waals surface area contributed by atoms with Crippen LogP contribution in [-0.4, -0.2) is 24.2 Å². The van der Waals surface area contributed by atoms with Gasteiger partial charge >= 0.3 is 0 Å². The van der Waals surface area contributed by atoms with Crippen molar-refractivity contribution < 1.29 is 18.7 Å². The molecule has 0 fully saturated rings. The summed E-state index contributed by atoms with van der Waals surface area (Å²) in [6.07, 6.45) is 0.183. The minimum absolute atomic E-state index is 0.0164. The summed E-state index contributed by atoms with van der Waals surface area (Å²) in [5, 5.41) is 0. The molecule has 3 aromatic rings. The summed E-state index contributed by atoms with van der Waals surface area (Å²) in [7, 11) is 0. The molecule has 4 rings (SSSR count). The van der Waals surface area contributed by atoms with Crippen molar-refractivity contribution in [3.05, 3.63) is 60.0 Å². The summed E-state index contributed by atoms with van der Waals surface area (Å²) in [5.41, 5.74) is 2.31. The number of benzene rings is 2. The summed E-state index contributed by atoms with van der Waals surface area (Å²) in [6, 6.07) is 15.2. The lowest BCUT2D eigenvalue weighted by molar-refractivity contribution is -0.118. The maximum absolute atomic E-state index is 12.8. The maximum Gasteiger partial charge on any atom is 0.233 e. The molecule has 0 radical (unpaired) electrons. The molecule has 0 atom stereocenters. The van der Waals surface area contributed by atoms with E-state index in [0.717, 1.165) is 11.3 Å². The van der Waals surface area contributed by atoms with Crippen molar-refractivity contribution in [2.75, 3.05) is 18.2 Å². The van der Waals surface area contributed by atoms with Crippen LogP contribution in [-0.2, 0) is 11.2 Å². The molecular weight excluding hydrogens is 344 g/mol. The molecule has 6 nitrogen and oxygen atoms in total. The maximum atomic E-state index is 12.8. The van der Waals surface area contributed by atoms with Crippen LogP contribution in [0.15, 0.2) is 52.9 Å². The molecule has 0 aliphatic carbocycles. The Morgan fingerprint density at radius 3 is 2.67 bits per heavy atom. The van der Waals surface area contributed by atoms with Crippen molar-refractivity contribution in [2.24, 2.45) is 0 Å². The van der Waals surface area contributed by atoms with E-state index in [1.165, 1.54) is 0 Å². The number of fused-ring (bicyclic) bond motifs is 1. The van der Waals surface area contributed by atoms with Gasteiger partial charge in [0, 0.05) is 17.8 Å². The fourth-order valence-corrected chi connectivity index (χ4v) is 3.09. The van der Waals surface area contributed by atoms with Crippen molar-refractivity contribution in [3.8, 4) is 23.0 Å². The number of rotatable bonds is 5. The Morgan fingerprint density at radius 2 is 1.89 bits per heavy atom. The first-order chi connectivity index (χ1) is 13.2. The third-order valence-corrected chi connectivity index (χ3v) is 4.52. The number of para-hydroxylation sites is 1. The van der Waals surface area contributed by atoms with Crippen molar-refractivity contribution in [3.63, 3.8) is 0 Å². The number of ether oxygens (including phenoxy) is 2. The van der Waals surface area contributed by atoms with Gasteiger partial charge in [0.1, 0.15) is 5.76 Å². The van der Waals surface area contributed by atoms with Crippen LogP contribution in [0.1, 0.15) is 18.4 Å². The topological polar surface area (TPSA) is 64.8 Å². The molecule has 138 valence electrons. The van der Waals surface area contributed by atoms with Crippen LogP contribution < -0.4 is 14.4 Å². The number of nitrogens with zero attached hydrogens (tertiary/aromatic N) is 2. The zero-order valence-electron chi connectivity index (χ0n) is 15.3. The molecular formula is C21H20N2O4. The molecule has 0 saturated carbocycles. The molecule has 6 heteroatoms. The first-order valence-corrected chi connectivity index (χ1v) is 8.87. The SMILES string of the molecule is CCN(C(=O)Cc1nc(-c2ccc3c(c2)OCO3)oc1C)c1ccccc1. The van der Waals surface area contributed by atoms with E-state index in [1.807, 2.05) is 62.4 Å². The van der Waals surface area contributed by atoms with Crippen molar-refractivity contribution in [1.29, 1.82) is 0 Å². The molecule has 27 heavy (non-hydrogen) atoms. The molecule has 0 bridgehead atoms. The highest BCUT2D eigenvalue weighted by molar-refractivity contribution is 5.94. The van der Waals surface area contributed by atoms with E-state index in [1.54, 1.807) is 4.90 Å². The van der Waals surface area contributed by atoms with Crippen molar-refractivity contribution in [1.82, 2.24) is 4.98 Å². The minimum Gasteiger partial charge on any atom is -0.454 e. The van der Waals surface area contributed by atoms with Gasteiger partial charge in [-0.2, -0.15) is 0 Å². The standard InChI is InChI=1S/C21H20N2O4/c1-3-23(16-7-5-4-6-8-16)20(24)12-17-14(2)27-21(22-17)15-9-10-18-19(11-15)26-13-25-18/h4-11H,3,12-13H2,1-2H3. The molecule has 1 aromatic heterocycles. The molecule has 1 aliphatic heterocycles. The molecule has 0 saturated heterocycles. The van der Waals surface area contributed by atoms with Gasteiger partial charge in [-0.15, -0.1) is 0 Å². The van der Waals surface area contributed by atoms with Crippen LogP contribution in [0.25, 0.3) is 11.5 Å². The number of hydrogen-bond donors (Lipinski definition) is 0. The second-order valence-corrected chi connectivity index (χ2v) is 6.24. The lowest BCUT2D eigenvalue weighted by atomic mass is 10.2. The number of carbonyl (C=O) groups is 1. The zero-order chi connectivity index (χ0) is 18.8. The van der Waals surface area contributed by atoms with E-state index in [9.17, 15) is 4.79 Å². The fourth-order valence-electron chi connectivity index (χ4n) is 3.09. The van der Waals surface area contributed by atoms with Gasteiger partial charge < -0.3 is 18.8 Å². The van der Waals surface area contributed by atoms with E-state index in [0.29, 0.717) is 35.4 Å². The predicted octanol–water partition coefficient (Wildman–Crippen LogP) is 3.97. The van der Waals surface area contributed by atoms with Gasteiger partial charge in [-0.3, -0.25) is 4.79 Å².